The summed E-state index contributed by atoms with van der Waals surface area (Å²) in [7, 11) is 0. The summed E-state index contributed by atoms with van der Waals surface area (Å²) in [5, 5.41) is 0. The van der Waals surface area contributed by atoms with Crippen molar-refractivity contribution in [1.82, 2.24) is 9.21 Å². The van der Waals surface area contributed by atoms with Gasteiger partial charge in [0.1, 0.15) is 5.60 Å². The largest absolute Gasteiger partial charge is 0.444 e. The molecule has 0 unspecified atom stereocenters. The molecule has 2 rings (SSSR count). The first kappa shape index (κ1) is 16.0. The maximum atomic E-state index is 12.1. The molecule has 0 N–H and O–H groups in total. The van der Waals surface area contributed by atoms with Gasteiger partial charge in [0, 0.05) is 26.2 Å². The SMILES string of the molecule is CSN1CCC2(CC1)CCN(C(=O)OC(C)(C)C)CC2. The van der Waals surface area contributed by atoms with Crippen molar-refractivity contribution in [3.05, 3.63) is 0 Å². The quantitative estimate of drug-likeness (QED) is 0.695. The molecular weight excluding hydrogens is 272 g/mol. The summed E-state index contributed by atoms with van der Waals surface area (Å²) in [5.74, 6) is 0. The second-order valence-corrected chi connectivity index (χ2v) is 7.96. The highest BCUT2D eigenvalue weighted by Crippen LogP contribution is 2.42. The maximum absolute atomic E-state index is 12.1. The van der Waals surface area contributed by atoms with Gasteiger partial charge in [-0.05, 0) is 58.1 Å². The Morgan fingerprint density at radius 1 is 1.05 bits per heavy atom. The molecule has 2 aliphatic heterocycles. The zero-order valence-corrected chi connectivity index (χ0v) is 14.1. The fourth-order valence-corrected chi connectivity index (χ4v) is 3.68. The van der Waals surface area contributed by atoms with Crippen LogP contribution in [0.2, 0.25) is 0 Å². The Morgan fingerprint density at radius 3 is 2.00 bits per heavy atom. The number of rotatable bonds is 1. The van der Waals surface area contributed by atoms with Crippen LogP contribution in [0, 0.1) is 5.41 Å². The van der Waals surface area contributed by atoms with Gasteiger partial charge in [0.05, 0.1) is 0 Å². The molecule has 0 atom stereocenters. The van der Waals surface area contributed by atoms with Crippen LogP contribution in [0.3, 0.4) is 0 Å². The van der Waals surface area contributed by atoms with Crippen LogP contribution >= 0.6 is 11.9 Å². The second kappa shape index (κ2) is 6.14. The number of nitrogens with zero attached hydrogens (tertiary/aromatic N) is 2. The number of carbonyl (C=O) groups excluding carboxylic acids is 1. The third-order valence-electron chi connectivity index (χ3n) is 4.52. The Balaban J connectivity index is 1.82. The molecule has 2 heterocycles. The van der Waals surface area contributed by atoms with Crippen LogP contribution in [-0.4, -0.2) is 53.3 Å². The predicted octanol–water partition coefficient (Wildman–Crippen LogP) is 3.38. The molecule has 0 aromatic carbocycles. The lowest BCUT2D eigenvalue weighted by Crippen LogP contribution is -2.48. The lowest BCUT2D eigenvalue weighted by atomic mass is 9.72. The molecule has 5 heteroatoms. The summed E-state index contributed by atoms with van der Waals surface area (Å²) in [6.45, 7) is 9.86. The number of carbonyl (C=O) groups is 1. The summed E-state index contributed by atoms with van der Waals surface area (Å²) >= 11 is 1.85. The van der Waals surface area contributed by atoms with Crippen molar-refractivity contribution in [2.75, 3.05) is 32.4 Å². The van der Waals surface area contributed by atoms with Crippen LogP contribution in [0.5, 0.6) is 0 Å². The van der Waals surface area contributed by atoms with E-state index in [2.05, 4.69) is 10.6 Å². The van der Waals surface area contributed by atoms with Gasteiger partial charge >= 0.3 is 6.09 Å². The number of hydrogen-bond acceptors (Lipinski definition) is 4. The smallest absolute Gasteiger partial charge is 0.410 e. The monoisotopic (exact) mass is 300 g/mol. The molecule has 116 valence electrons. The van der Waals surface area contributed by atoms with Crippen LogP contribution in [-0.2, 0) is 4.74 Å². The highest BCUT2D eigenvalue weighted by Gasteiger charge is 2.39. The summed E-state index contributed by atoms with van der Waals surface area (Å²) in [6, 6.07) is 0. The van der Waals surface area contributed by atoms with Crippen LogP contribution in [0.4, 0.5) is 4.79 Å². The van der Waals surface area contributed by atoms with E-state index >= 15 is 0 Å². The topological polar surface area (TPSA) is 32.8 Å². The van der Waals surface area contributed by atoms with Crippen molar-refractivity contribution in [2.24, 2.45) is 5.41 Å². The third-order valence-corrected chi connectivity index (χ3v) is 5.40. The Morgan fingerprint density at radius 2 is 1.55 bits per heavy atom. The van der Waals surface area contributed by atoms with Gasteiger partial charge in [0.2, 0.25) is 0 Å². The van der Waals surface area contributed by atoms with Crippen LogP contribution in [0.1, 0.15) is 46.5 Å². The zero-order chi connectivity index (χ0) is 14.8. The molecule has 1 amide bonds. The first-order chi connectivity index (χ1) is 9.34. The number of ether oxygens (including phenoxy) is 1. The molecule has 20 heavy (non-hydrogen) atoms. The summed E-state index contributed by atoms with van der Waals surface area (Å²) in [4.78, 5) is 14.0. The molecule has 2 aliphatic rings. The number of piperidine rings is 2. The minimum atomic E-state index is -0.393. The van der Waals surface area contributed by atoms with E-state index in [-0.39, 0.29) is 6.09 Å². The number of amides is 1. The number of hydrogen-bond donors (Lipinski definition) is 0. The predicted molar refractivity (Wildman–Crippen MR) is 83.8 cm³/mol. The Labute approximate surface area is 127 Å². The Bertz CT molecular complexity index is 336. The normalized spacial score (nSPS) is 23.9. The molecule has 0 saturated carbocycles. The lowest BCUT2D eigenvalue weighted by Gasteiger charge is -2.46. The van der Waals surface area contributed by atoms with E-state index in [1.54, 1.807) is 0 Å². The van der Waals surface area contributed by atoms with Gasteiger partial charge in [-0.3, -0.25) is 4.31 Å². The minimum Gasteiger partial charge on any atom is -0.444 e. The van der Waals surface area contributed by atoms with Crippen molar-refractivity contribution in [1.29, 1.82) is 0 Å². The molecule has 2 fully saturated rings. The average molecular weight is 300 g/mol. The van der Waals surface area contributed by atoms with E-state index in [1.165, 1.54) is 25.9 Å². The first-order valence-electron chi connectivity index (χ1n) is 7.61. The molecule has 0 aromatic rings. The fraction of sp³-hybridized carbons (Fsp3) is 0.933. The van der Waals surface area contributed by atoms with E-state index in [4.69, 9.17) is 4.74 Å². The van der Waals surface area contributed by atoms with Crippen LogP contribution in [0.25, 0.3) is 0 Å². The lowest BCUT2D eigenvalue weighted by molar-refractivity contribution is 0.00296. The molecule has 0 radical (unpaired) electrons. The van der Waals surface area contributed by atoms with E-state index in [0.29, 0.717) is 5.41 Å². The third kappa shape index (κ3) is 4.04. The first-order valence-corrected chi connectivity index (χ1v) is 8.79. The van der Waals surface area contributed by atoms with Crippen LogP contribution < -0.4 is 0 Å². The van der Waals surface area contributed by atoms with Crippen molar-refractivity contribution in [3.8, 4) is 0 Å². The molecular formula is C15H28N2O2S. The van der Waals surface area contributed by atoms with E-state index < -0.39 is 5.60 Å². The summed E-state index contributed by atoms with van der Waals surface area (Å²) in [5.41, 5.74) is 0.0840. The van der Waals surface area contributed by atoms with E-state index in [1.807, 2.05) is 37.6 Å². The highest BCUT2D eigenvalue weighted by atomic mass is 32.2. The van der Waals surface area contributed by atoms with Gasteiger partial charge in [-0.15, -0.1) is 0 Å². The van der Waals surface area contributed by atoms with Crippen molar-refractivity contribution in [2.45, 2.75) is 52.1 Å². The van der Waals surface area contributed by atoms with Gasteiger partial charge < -0.3 is 9.64 Å². The van der Waals surface area contributed by atoms with Gasteiger partial charge in [-0.1, -0.05) is 11.9 Å². The zero-order valence-electron chi connectivity index (χ0n) is 13.3. The van der Waals surface area contributed by atoms with Gasteiger partial charge in [-0.25, -0.2) is 4.79 Å². The van der Waals surface area contributed by atoms with Gasteiger partial charge in [0.15, 0.2) is 0 Å². The standard InChI is InChI=1S/C15H28N2O2S/c1-14(2,3)19-13(18)16-9-5-15(6-10-16)7-11-17(20-4)12-8-15/h5-12H2,1-4H3. The summed E-state index contributed by atoms with van der Waals surface area (Å²) in [6.07, 6.45) is 6.83. The molecule has 0 aromatic heterocycles. The molecule has 4 nitrogen and oxygen atoms in total. The van der Waals surface area contributed by atoms with Crippen molar-refractivity contribution >= 4 is 18.0 Å². The fourth-order valence-electron chi connectivity index (χ4n) is 3.13. The van der Waals surface area contributed by atoms with Crippen LogP contribution in [0.15, 0.2) is 0 Å². The molecule has 1 spiro atoms. The van der Waals surface area contributed by atoms with Gasteiger partial charge in [-0.2, -0.15) is 0 Å². The molecule has 0 aliphatic carbocycles. The van der Waals surface area contributed by atoms with Crippen molar-refractivity contribution in [3.63, 3.8) is 0 Å². The second-order valence-electron chi connectivity index (χ2n) is 7.08. The number of likely N-dealkylation sites (tertiary alicyclic amines) is 1. The minimum absolute atomic E-state index is 0.145. The Hall–Kier alpha value is -0.420. The molecule has 2 saturated heterocycles. The van der Waals surface area contributed by atoms with E-state index in [9.17, 15) is 4.79 Å². The van der Waals surface area contributed by atoms with Crippen molar-refractivity contribution < 1.29 is 9.53 Å². The van der Waals surface area contributed by atoms with E-state index in [0.717, 1.165) is 25.9 Å². The summed E-state index contributed by atoms with van der Waals surface area (Å²) < 4.78 is 7.91. The highest BCUT2D eigenvalue weighted by molar-refractivity contribution is 7.96. The Kier molecular flexibility index (Phi) is 4.90. The maximum Gasteiger partial charge on any atom is 0.410 e. The average Bonchev–Trinajstić information content (AvgIpc) is 2.38. The van der Waals surface area contributed by atoms with Gasteiger partial charge in [0.25, 0.3) is 0 Å². The molecule has 0 bridgehead atoms.